The average molecular weight is 347 g/mol. The molecule has 24 heavy (non-hydrogen) atoms. The highest BCUT2D eigenvalue weighted by Gasteiger charge is 2.32. The van der Waals surface area contributed by atoms with Crippen molar-refractivity contribution in [1.29, 1.82) is 0 Å². The number of aromatic nitrogens is 2. The molecule has 1 N–H and O–H groups in total. The van der Waals surface area contributed by atoms with E-state index < -0.39 is 0 Å². The molecule has 0 atom stereocenters. The van der Waals surface area contributed by atoms with Crippen LogP contribution in [0.15, 0.2) is 22.6 Å². The van der Waals surface area contributed by atoms with Gasteiger partial charge in [0.15, 0.2) is 4.96 Å². The van der Waals surface area contributed by atoms with Gasteiger partial charge in [-0.1, -0.05) is 27.2 Å². The lowest BCUT2D eigenvalue weighted by atomic mass is 9.69. The van der Waals surface area contributed by atoms with Gasteiger partial charge < -0.3 is 5.32 Å². The van der Waals surface area contributed by atoms with Crippen molar-refractivity contribution in [2.45, 2.75) is 58.9 Å². The van der Waals surface area contributed by atoms with Crippen LogP contribution in [-0.4, -0.2) is 21.3 Å². The lowest BCUT2D eigenvalue weighted by Crippen LogP contribution is -2.41. The molecular weight excluding hydrogens is 322 g/mol. The van der Waals surface area contributed by atoms with Gasteiger partial charge in [-0.15, -0.1) is 11.3 Å². The number of nitrogens with zero attached hydrogens (tertiary/aromatic N) is 2. The fourth-order valence-corrected chi connectivity index (χ4v) is 4.23. The number of thiazole rings is 1. The van der Waals surface area contributed by atoms with E-state index >= 15 is 0 Å². The molecule has 0 aliphatic heterocycles. The summed E-state index contributed by atoms with van der Waals surface area (Å²) in [4.78, 5) is 29.6. The molecule has 0 aromatic carbocycles. The minimum absolute atomic E-state index is 0.127. The Kier molecular flexibility index (Phi) is 4.76. The van der Waals surface area contributed by atoms with E-state index in [9.17, 15) is 9.59 Å². The van der Waals surface area contributed by atoms with Crippen LogP contribution < -0.4 is 10.9 Å². The first-order valence-electron chi connectivity index (χ1n) is 8.68. The molecule has 6 heteroatoms. The van der Waals surface area contributed by atoms with Crippen LogP contribution in [-0.2, 0) is 0 Å². The SMILES string of the molecule is CCC(C)(C)C1CCC(NC(=O)c2cnc3sccn3c2=O)CC1. The highest BCUT2D eigenvalue weighted by atomic mass is 32.1. The quantitative estimate of drug-likeness (QED) is 0.921. The summed E-state index contributed by atoms with van der Waals surface area (Å²) in [6.45, 7) is 6.91. The molecule has 1 aliphatic carbocycles. The number of amides is 1. The zero-order chi connectivity index (χ0) is 17.3. The van der Waals surface area contributed by atoms with E-state index in [1.807, 2.05) is 0 Å². The molecule has 1 fully saturated rings. The molecule has 0 saturated heterocycles. The van der Waals surface area contributed by atoms with Gasteiger partial charge in [-0.25, -0.2) is 4.98 Å². The molecule has 0 spiro atoms. The Hall–Kier alpha value is -1.69. The zero-order valence-corrected chi connectivity index (χ0v) is 15.4. The van der Waals surface area contributed by atoms with Crippen LogP contribution in [0.3, 0.4) is 0 Å². The number of carbonyl (C=O) groups excluding carboxylic acids is 1. The van der Waals surface area contributed by atoms with Gasteiger partial charge in [-0.05, 0) is 37.0 Å². The number of nitrogens with one attached hydrogen (secondary N) is 1. The molecule has 1 aliphatic rings. The van der Waals surface area contributed by atoms with Crippen LogP contribution in [0.5, 0.6) is 0 Å². The second-order valence-corrected chi connectivity index (χ2v) is 8.27. The molecule has 2 heterocycles. The van der Waals surface area contributed by atoms with Crippen LogP contribution in [0.1, 0.15) is 63.2 Å². The fraction of sp³-hybridized carbons (Fsp3) is 0.611. The predicted octanol–water partition coefficient (Wildman–Crippen LogP) is 3.48. The molecule has 2 aromatic rings. The monoisotopic (exact) mass is 347 g/mol. The van der Waals surface area contributed by atoms with Crippen LogP contribution >= 0.6 is 11.3 Å². The van der Waals surface area contributed by atoms with Crippen molar-refractivity contribution in [1.82, 2.24) is 14.7 Å². The van der Waals surface area contributed by atoms with Crippen LogP contribution in [0, 0.1) is 11.3 Å². The van der Waals surface area contributed by atoms with E-state index in [4.69, 9.17) is 0 Å². The van der Waals surface area contributed by atoms with Gasteiger partial charge in [0.2, 0.25) is 0 Å². The Bertz CT molecular complexity index is 785. The first-order chi connectivity index (χ1) is 11.4. The third kappa shape index (κ3) is 3.24. The fourth-order valence-electron chi connectivity index (χ4n) is 3.55. The summed E-state index contributed by atoms with van der Waals surface area (Å²) in [5, 5.41) is 4.83. The van der Waals surface area contributed by atoms with Gasteiger partial charge in [0.25, 0.3) is 11.5 Å². The minimum atomic E-state index is -0.300. The van der Waals surface area contributed by atoms with Crippen molar-refractivity contribution < 1.29 is 4.79 Å². The average Bonchev–Trinajstić information content (AvgIpc) is 3.05. The molecule has 1 amide bonds. The van der Waals surface area contributed by atoms with E-state index in [1.54, 1.807) is 11.6 Å². The maximum absolute atomic E-state index is 12.5. The van der Waals surface area contributed by atoms with Gasteiger partial charge in [-0.2, -0.15) is 0 Å². The number of carbonyl (C=O) groups is 1. The van der Waals surface area contributed by atoms with Gasteiger partial charge >= 0.3 is 0 Å². The topological polar surface area (TPSA) is 63.5 Å². The molecule has 5 nitrogen and oxygen atoms in total. The Balaban J connectivity index is 1.65. The Morgan fingerprint density at radius 2 is 2.08 bits per heavy atom. The smallest absolute Gasteiger partial charge is 0.271 e. The second-order valence-electron chi connectivity index (χ2n) is 7.40. The van der Waals surface area contributed by atoms with E-state index in [0.717, 1.165) is 25.7 Å². The van der Waals surface area contributed by atoms with Gasteiger partial charge in [-0.3, -0.25) is 14.0 Å². The van der Waals surface area contributed by atoms with Crippen LogP contribution in [0.4, 0.5) is 0 Å². The van der Waals surface area contributed by atoms with Crippen molar-refractivity contribution in [3.8, 4) is 0 Å². The Labute approximate surface area is 146 Å². The second kappa shape index (κ2) is 6.67. The van der Waals surface area contributed by atoms with Crippen molar-refractivity contribution in [3.63, 3.8) is 0 Å². The van der Waals surface area contributed by atoms with Crippen molar-refractivity contribution in [2.24, 2.45) is 11.3 Å². The van der Waals surface area contributed by atoms with Crippen molar-refractivity contribution in [3.05, 3.63) is 33.7 Å². The van der Waals surface area contributed by atoms with Gasteiger partial charge in [0.1, 0.15) is 5.56 Å². The highest BCUT2D eigenvalue weighted by Crippen LogP contribution is 2.40. The molecular formula is C18H25N3O2S. The number of hydrogen-bond acceptors (Lipinski definition) is 4. The lowest BCUT2D eigenvalue weighted by molar-refractivity contribution is 0.0891. The number of fused-ring (bicyclic) bond motifs is 1. The molecule has 0 unspecified atom stereocenters. The Morgan fingerprint density at radius 1 is 1.38 bits per heavy atom. The highest BCUT2D eigenvalue weighted by molar-refractivity contribution is 7.15. The molecule has 130 valence electrons. The van der Waals surface area contributed by atoms with E-state index in [0.29, 0.717) is 16.3 Å². The molecule has 3 rings (SSSR count). The summed E-state index contributed by atoms with van der Waals surface area (Å²) in [6.07, 6.45) is 8.46. The first-order valence-corrected chi connectivity index (χ1v) is 9.56. The number of hydrogen-bond donors (Lipinski definition) is 1. The van der Waals surface area contributed by atoms with Gasteiger partial charge in [0, 0.05) is 23.8 Å². The maximum atomic E-state index is 12.5. The summed E-state index contributed by atoms with van der Waals surface area (Å²) >= 11 is 1.38. The summed E-state index contributed by atoms with van der Waals surface area (Å²) in [7, 11) is 0. The largest absolute Gasteiger partial charge is 0.349 e. The van der Waals surface area contributed by atoms with Gasteiger partial charge in [0.05, 0.1) is 0 Å². The molecule has 0 radical (unpaired) electrons. The Morgan fingerprint density at radius 3 is 2.75 bits per heavy atom. The van der Waals surface area contributed by atoms with Crippen LogP contribution in [0.2, 0.25) is 0 Å². The normalized spacial score (nSPS) is 21.8. The summed E-state index contributed by atoms with van der Waals surface area (Å²) in [5.74, 6) is 0.413. The van der Waals surface area contributed by atoms with E-state index in [1.165, 1.54) is 28.4 Å². The summed E-state index contributed by atoms with van der Waals surface area (Å²) in [6, 6.07) is 0.156. The van der Waals surface area contributed by atoms with E-state index in [-0.39, 0.29) is 23.1 Å². The van der Waals surface area contributed by atoms with Crippen molar-refractivity contribution >= 4 is 22.2 Å². The zero-order valence-electron chi connectivity index (χ0n) is 14.5. The van der Waals surface area contributed by atoms with Crippen LogP contribution in [0.25, 0.3) is 4.96 Å². The lowest BCUT2D eigenvalue weighted by Gasteiger charge is -2.39. The third-order valence-corrected chi connectivity index (χ3v) is 6.44. The third-order valence-electron chi connectivity index (χ3n) is 5.67. The molecule has 2 aromatic heterocycles. The summed E-state index contributed by atoms with van der Waals surface area (Å²) in [5.41, 5.74) is 0.197. The maximum Gasteiger partial charge on any atom is 0.271 e. The minimum Gasteiger partial charge on any atom is -0.349 e. The summed E-state index contributed by atoms with van der Waals surface area (Å²) < 4.78 is 1.43. The molecule has 0 bridgehead atoms. The predicted molar refractivity (Wildman–Crippen MR) is 96.6 cm³/mol. The number of rotatable bonds is 4. The standard InChI is InChI=1S/C18H25N3O2S/c1-4-18(2,3)12-5-7-13(8-6-12)20-15(22)14-11-19-17-21(16(14)23)9-10-24-17/h9-13H,4-8H2,1-3H3,(H,20,22). The van der Waals surface area contributed by atoms with E-state index in [2.05, 4.69) is 31.1 Å². The first kappa shape index (κ1) is 17.1. The van der Waals surface area contributed by atoms with Crippen molar-refractivity contribution in [2.75, 3.05) is 0 Å². The molecule has 1 saturated carbocycles.